The summed E-state index contributed by atoms with van der Waals surface area (Å²) in [5.41, 5.74) is 2.10. The van der Waals surface area contributed by atoms with Crippen LogP contribution in [0.25, 0.3) is 0 Å². The van der Waals surface area contributed by atoms with Crippen molar-refractivity contribution >= 4 is 5.91 Å². The highest BCUT2D eigenvalue weighted by atomic mass is 16.5. The molecule has 1 amide bonds. The number of amides is 1. The topological polar surface area (TPSA) is 82.2 Å². The predicted octanol–water partition coefficient (Wildman–Crippen LogP) is 0.296. The largest absolute Gasteiger partial charge is 0.477 e. The van der Waals surface area contributed by atoms with Crippen molar-refractivity contribution in [2.24, 2.45) is 11.8 Å². The van der Waals surface area contributed by atoms with Crippen molar-refractivity contribution in [3.63, 3.8) is 0 Å². The number of nitrogens with one attached hydrogen (secondary N) is 1. The van der Waals surface area contributed by atoms with Gasteiger partial charge in [0.25, 0.3) is 5.91 Å². The molecule has 6 nitrogen and oxygen atoms in total. The molecule has 0 aliphatic heterocycles. The summed E-state index contributed by atoms with van der Waals surface area (Å²) in [6.07, 6.45) is 2.74. The molecule has 1 heterocycles. The Kier molecular flexibility index (Phi) is 4.30. The van der Waals surface area contributed by atoms with Gasteiger partial charge in [0.2, 0.25) is 0 Å². The zero-order valence-electron chi connectivity index (χ0n) is 9.80. The molecule has 0 aliphatic rings. The van der Waals surface area contributed by atoms with E-state index in [9.17, 15) is 4.79 Å². The van der Waals surface area contributed by atoms with Crippen molar-refractivity contribution in [2.45, 2.75) is 33.4 Å². The van der Waals surface area contributed by atoms with Gasteiger partial charge in [-0.15, -0.1) is 0 Å². The summed E-state index contributed by atoms with van der Waals surface area (Å²) in [6, 6.07) is 0. The number of hydrogen-bond acceptors (Lipinski definition) is 4. The highest BCUT2D eigenvalue weighted by molar-refractivity contribution is 5.80. The number of nitrogens with zero attached hydrogens (tertiary/aromatic N) is 2. The van der Waals surface area contributed by atoms with E-state index in [1.54, 1.807) is 17.1 Å². The van der Waals surface area contributed by atoms with Crippen LogP contribution in [0.1, 0.15) is 20.8 Å². The fraction of sp³-hybridized carbons (Fsp3) is 0.600. The van der Waals surface area contributed by atoms with Gasteiger partial charge in [-0.05, 0) is 12.8 Å². The Labute approximate surface area is 94.7 Å². The molecule has 1 rings (SSSR count). The van der Waals surface area contributed by atoms with Crippen LogP contribution in [0.3, 0.4) is 0 Å². The van der Waals surface area contributed by atoms with Gasteiger partial charge in [0.05, 0.1) is 12.4 Å². The first kappa shape index (κ1) is 12.5. The smallest absolute Gasteiger partial charge is 0.275 e. The maximum Gasteiger partial charge on any atom is 0.275 e. The normalized spacial score (nSPS) is 12.6. The Bertz CT molecular complexity index is 348. The molecule has 0 saturated heterocycles. The molecule has 16 heavy (non-hydrogen) atoms. The van der Waals surface area contributed by atoms with Crippen molar-refractivity contribution in [3.05, 3.63) is 12.4 Å². The molecule has 0 radical (unpaired) electrons. The fourth-order valence-corrected chi connectivity index (χ4v) is 1.30. The number of nitrogens with two attached hydrogens (primary N) is 1. The van der Waals surface area contributed by atoms with Crippen molar-refractivity contribution in [3.8, 4) is 5.75 Å². The van der Waals surface area contributed by atoms with E-state index in [-0.39, 0.29) is 11.8 Å². The first-order valence-corrected chi connectivity index (χ1v) is 5.28. The minimum Gasteiger partial charge on any atom is -0.477 e. The number of rotatable bonds is 5. The van der Waals surface area contributed by atoms with E-state index in [0.29, 0.717) is 5.75 Å². The lowest BCUT2D eigenvalue weighted by Gasteiger charge is -2.19. The lowest BCUT2D eigenvalue weighted by molar-refractivity contribution is -0.129. The molecule has 3 N–H and O–H groups in total. The fourth-order valence-electron chi connectivity index (χ4n) is 1.30. The standard InChI is InChI=1S/C10H18N4O2/c1-4-14-6-8(5-12-14)16-9(7(2)3)10(15)13-11/h5-7,9H,4,11H2,1-3H3,(H,13,15). The van der Waals surface area contributed by atoms with Crippen LogP contribution in [0.2, 0.25) is 0 Å². The highest BCUT2D eigenvalue weighted by Gasteiger charge is 2.23. The lowest BCUT2D eigenvalue weighted by Crippen LogP contribution is -2.44. The van der Waals surface area contributed by atoms with Crippen LogP contribution in [-0.2, 0) is 11.3 Å². The molecule has 1 unspecified atom stereocenters. The van der Waals surface area contributed by atoms with Crippen LogP contribution in [0.15, 0.2) is 12.4 Å². The second-order valence-electron chi connectivity index (χ2n) is 3.82. The molecule has 1 aromatic heterocycles. The van der Waals surface area contributed by atoms with E-state index in [4.69, 9.17) is 10.6 Å². The molecule has 0 spiro atoms. The number of aromatic nitrogens is 2. The van der Waals surface area contributed by atoms with E-state index in [1.165, 1.54) is 0 Å². The number of carbonyl (C=O) groups excluding carboxylic acids is 1. The second kappa shape index (κ2) is 5.50. The molecule has 0 saturated carbocycles. The van der Waals surface area contributed by atoms with E-state index >= 15 is 0 Å². The molecule has 90 valence electrons. The van der Waals surface area contributed by atoms with Gasteiger partial charge in [0.15, 0.2) is 11.9 Å². The average molecular weight is 226 g/mol. The monoisotopic (exact) mass is 226 g/mol. The number of aryl methyl sites for hydroxylation is 1. The third kappa shape index (κ3) is 2.96. The van der Waals surface area contributed by atoms with Gasteiger partial charge in [-0.2, -0.15) is 5.10 Å². The predicted molar refractivity (Wildman–Crippen MR) is 59.5 cm³/mol. The Morgan fingerprint density at radius 2 is 2.38 bits per heavy atom. The highest BCUT2D eigenvalue weighted by Crippen LogP contribution is 2.15. The Balaban J connectivity index is 2.71. The molecule has 0 aromatic carbocycles. The maximum atomic E-state index is 11.4. The zero-order valence-corrected chi connectivity index (χ0v) is 9.80. The van der Waals surface area contributed by atoms with Crippen LogP contribution in [0.4, 0.5) is 0 Å². The third-order valence-corrected chi connectivity index (χ3v) is 2.20. The van der Waals surface area contributed by atoms with Gasteiger partial charge in [-0.3, -0.25) is 14.9 Å². The van der Waals surface area contributed by atoms with Crippen molar-refractivity contribution < 1.29 is 9.53 Å². The molecular formula is C10H18N4O2. The average Bonchev–Trinajstić information content (AvgIpc) is 2.72. The minimum atomic E-state index is -0.598. The maximum absolute atomic E-state index is 11.4. The second-order valence-corrected chi connectivity index (χ2v) is 3.82. The summed E-state index contributed by atoms with van der Waals surface area (Å²) in [6.45, 7) is 6.52. The number of hydrogen-bond donors (Lipinski definition) is 2. The van der Waals surface area contributed by atoms with E-state index in [2.05, 4.69) is 10.5 Å². The van der Waals surface area contributed by atoms with Crippen LogP contribution in [-0.4, -0.2) is 21.8 Å². The van der Waals surface area contributed by atoms with E-state index < -0.39 is 6.10 Å². The SMILES string of the molecule is CCn1cc(OC(C(=O)NN)C(C)C)cn1. The van der Waals surface area contributed by atoms with Crippen molar-refractivity contribution in [1.82, 2.24) is 15.2 Å². The molecule has 1 atom stereocenters. The first-order chi connectivity index (χ1) is 7.58. The minimum absolute atomic E-state index is 0.0357. The Morgan fingerprint density at radius 3 is 2.81 bits per heavy atom. The molecule has 1 aromatic rings. The Morgan fingerprint density at radius 1 is 1.69 bits per heavy atom. The van der Waals surface area contributed by atoms with Gasteiger partial charge in [0, 0.05) is 6.54 Å². The van der Waals surface area contributed by atoms with Crippen molar-refractivity contribution in [2.75, 3.05) is 0 Å². The number of hydrazine groups is 1. The Hall–Kier alpha value is -1.56. The molecule has 0 aliphatic carbocycles. The van der Waals surface area contributed by atoms with Crippen molar-refractivity contribution in [1.29, 1.82) is 0 Å². The van der Waals surface area contributed by atoms with E-state index in [1.807, 2.05) is 20.8 Å². The molecule has 0 fully saturated rings. The van der Waals surface area contributed by atoms with Crippen LogP contribution < -0.4 is 16.0 Å². The molecular weight excluding hydrogens is 208 g/mol. The van der Waals surface area contributed by atoms with Gasteiger partial charge in [0.1, 0.15) is 0 Å². The number of carbonyl (C=O) groups is 1. The number of ether oxygens (including phenoxy) is 1. The van der Waals surface area contributed by atoms with Crippen LogP contribution >= 0.6 is 0 Å². The van der Waals surface area contributed by atoms with Gasteiger partial charge in [-0.1, -0.05) is 13.8 Å². The van der Waals surface area contributed by atoms with E-state index in [0.717, 1.165) is 6.54 Å². The summed E-state index contributed by atoms with van der Waals surface area (Å²) in [5.74, 6) is 5.37. The van der Waals surface area contributed by atoms with Gasteiger partial charge >= 0.3 is 0 Å². The summed E-state index contributed by atoms with van der Waals surface area (Å²) in [7, 11) is 0. The molecule has 6 heteroatoms. The molecule has 0 bridgehead atoms. The summed E-state index contributed by atoms with van der Waals surface area (Å²) >= 11 is 0. The van der Waals surface area contributed by atoms with Crippen LogP contribution in [0, 0.1) is 5.92 Å². The first-order valence-electron chi connectivity index (χ1n) is 5.28. The quantitative estimate of drug-likeness (QED) is 0.429. The zero-order chi connectivity index (χ0) is 12.1. The summed E-state index contributed by atoms with van der Waals surface area (Å²) in [4.78, 5) is 11.4. The third-order valence-electron chi connectivity index (χ3n) is 2.20. The lowest BCUT2D eigenvalue weighted by atomic mass is 10.1. The van der Waals surface area contributed by atoms with Gasteiger partial charge in [-0.25, -0.2) is 5.84 Å². The summed E-state index contributed by atoms with van der Waals surface area (Å²) in [5, 5.41) is 4.06. The van der Waals surface area contributed by atoms with Crippen LogP contribution in [0.5, 0.6) is 5.75 Å². The summed E-state index contributed by atoms with van der Waals surface area (Å²) < 4.78 is 7.26. The van der Waals surface area contributed by atoms with Gasteiger partial charge < -0.3 is 4.74 Å².